The van der Waals surface area contributed by atoms with Gasteiger partial charge in [0.05, 0.1) is 16.8 Å². The van der Waals surface area contributed by atoms with Crippen molar-refractivity contribution in [3.8, 4) is 0 Å². The zero-order valence-electron chi connectivity index (χ0n) is 11.0. The molecular weight excluding hydrogens is 282 g/mol. The van der Waals surface area contributed by atoms with E-state index in [1.807, 2.05) is 0 Å². The number of likely N-dealkylation sites (N-methyl/N-ethyl adjacent to an activating group) is 1. The minimum Gasteiger partial charge on any atom is -0.364 e. The van der Waals surface area contributed by atoms with E-state index in [0.717, 1.165) is 0 Å². The van der Waals surface area contributed by atoms with Gasteiger partial charge in [0.25, 0.3) is 0 Å². The van der Waals surface area contributed by atoms with Crippen LogP contribution in [0, 0.1) is 11.6 Å². The maximum Gasteiger partial charge on any atom is 0.146 e. The second kappa shape index (κ2) is 6.20. The van der Waals surface area contributed by atoms with Crippen molar-refractivity contribution in [3.05, 3.63) is 64.7 Å². The maximum absolute atomic E-state index is 13.8. The predicted octanol–water partition coefficient (Wildman–Crippen LogP) is 3.75. The van der Waals surface area contributed by atoms with Gasteiger partial charge in [-0.05, 0) is 29.8 Å². The number of anilines is 1. The van der Waals surface area contributed by atoms with E-state index >= 15 is 0 Å². The SMILES string of the molecule is CN(c1ccccc1F)C(CN)c1ccc(Cl)c(F)c1. The van der Waals surface area contributed by atoms with Gasteiger partial charge in [0, 0.05) is 13.6 Å². The van der Waals surface area contributed by atoms with Gasteiger partial charge in [0.15, 0.2) is 0 Å². The average Bonchev–Trinajstić information content (AvgIpc) is 2.44. The Morgan fingerprint density at radius 2 is 1.85 bits per heavy atom. The highest BCUT2D eigenvalue weighted by molar-refractivity contribution is 6.30. The zero-order valence-corrected chi connectivity index (χ0v) is 11.7. The molecule has 2 aromatic carbocycles. The molecule has 106 valence electrons. The number of nitrogens with zero attached hydrogens (tertiary/aromatic N) is 1. The topological polar surface area (TPSA) is 29.3 Å². The van der Waals surface area contributed by atoms with E-state index in [1.54, 1.807) is 36.2 Å². The summed E-state index contributed by atoms with van der Waals surface area (Å²) in [4.78, 5) is 1.69. The third kappa shape index (κ3) is 2.92. The summed E-state index contributed by atoms with van der Waals surface area (Å²) in [5.74, 6) is -0.854. The Kier molecular flexibility index (Phi) is 4.57. The van der Waals surface area contributed by atoms with E-state index in [4.69, 9.17) is 17.3 Å². The van der Waals surface area contributed by atoms with E-state index in [-0.39, 0.29) is 23.4 Å². The van der Waals surface area contributed by atoms with E-state index in [9.17, 15) is 8.78 Å². The van der Waals surface area contributed by atoms with Crippen LogP contribution in [0.4, 0.5) is 14.5 Å². The smallest absolute Gasteiger partial charge is 0.146 e. The van der Waals surface area contributed by atoms with Gasteiger partial charge in [-0.2, -0.15) is 0 Å². The van der Waals surface area contributed by atoms with Gasteiger partial charge in [0.2, 0.25) is 0 Å². The number of hydrogen-bond donors (Lipinski definition) is 1. The molecule has 1 unspecified atom stereocenters. The van der Waals surface area contributed by atoms with E-state index < -0.39 is 5.82 Å². The first-order chi connectivity index (χ1) is 9.54. The molecule has 0 heterocycles. The molecule has 0 radical (unpaired) electrons. The first-order valence-corrected chi connectivity index (χ1v) is 6.54. The Bertz CT molecular complexity index is 604. The van der Waals surface area contributed by atoms with Crippen molar-refractivity contribution in [1.82, 2.24) is 0 Å². The first-order valence-electron chi connectivity index (χ1n) is 6.17. The summed E-state index contributed by atoms with van der Waals surface area (Å²) in [5.41, 5.74) is 6.83. The Morgan fingerprint density at radius 3 is 2.45 bits per heavy atom. The summed E-state index contributed by atoms with van der Waals surface area (Å²) < 4.78 is 27.4. The normalized spacial score (nSPS) is 12.2. The van der Waals surface area contributed by atoms with Crippen molar-refractivity contribution in [2.24, 2.45) is 5.73 Å². The monoisotopic (exact) mass is 296 g/mol. The van der Waals surface area contributed by atoms with Crippen LogP contribution in [0.25, 0.3) is 0 Å². The lowest BCUT2D eigenvalue weighted by Crippen LogP contribution is -2.31. The number of halogens is 3. The van der Waals surface area contributed by atoms with Crippen LogP contribution in [0.1, 0.15) is 11.6 Å². The van der Waals surface area contributed by atoms with Crippen molar-refractivity contribution in [1.29, 1.82) is 0 Å². The van der Waals surface area contributed by atoms with Crippen molar-refractivity contribution < 1.29 is 8.78 Å². The molecule has 0 aliphatic rings. The molecule has 2 aromatic rings. The van der Waals surface area contributed by atoms with Gasteiger partial charge in [0.1, 0.15) is 11.6 Å². The zero-order chi connectivity index (χ0) is 14.7. The molecule has 2 N–H and O–H groups in total. The molecule has 2 rings (SSSR count). The second-order valence-corrected chi connectivity index (χ2v) is 4.89. The minimum absolute atomic E-state index is 0.0538. The van der Waals surface area contributed by atoms with Gasteiger partial charge in [-0.15, -0.1) is 0 Å². The number of hydrogen-bond acceptors (Lipinski definition) is 2. The van der Waals surface area contributed by atoms with Crippen LogP contribution in [0.5, 0.6) is 0 Å². The largest absolute Gasteiger partial charge is 0.364 e. The molecule has 0 aliphatic heterocycles. The highest BCUT2D eigenvalue weighted by Crippen LogP contribution is 2.28. The third-order valence-electron chi connectivity index (χ3n) is 3.25. The van der Waals surface area contributed by atoms with Crippen LogP contribution in [0.3, 0.4) is 0 Å². The predicted molar refractivity (Wildman–Crippen MR) is 78.0 cm³/mol. The van der Waals surface area contributed by atoms with Gasteiger partial charge in [-0.1, -0.05) is 29.8 Å². The average molecular weight is 297 g/mol. The van der Waals surface area contributed by atoms with Crippen LogP contribution < -0.4 is 10.6 Å². The lowest BCUT2D eigenvalue weighted by molar-refractivity contribution is 0.596. The summed E-state index contributed by atoms with van der Waals surface area (Å²) in [6.07, 6.45) is 0. The lowest BCUT2D eigenvalue weighted by atomic mass is 10.0. The van der Waals surface area contributed by atoms with E-state index in [1.165, 1.54) is 18.2 Å². The van der Waals surface area contributed by atoms with Crippen molar-refractivity contribution in [3.63, 3.8) is 0 Å². The van der Waals surface area contributed by atoms with Crippen LogP contribution in [-0.2, 0) is 0 Å². The molecule has 0 saturated heterocycles. The fourth-order valence-electron chi connectivity index (χ4n) is 2.14. The Balaban J connectivity index is 2.36. The quantitative estimate of drug-likeness (QED) is 0.931. The van der Waals surface area contributed by atoms with E-state index in [2.05, 4.69) is 0 Å². The molecule has 0 saturated carbocycles. The van der Waals surface area contributed by atoms with Gasteiger partial charge < -0.3 is 10.6 Å². The molecule has 0 spiro atoms. The summed E-state index contributed by atoms with van der Waals surface area (Å²) in [7, 11) is 1.72. The van der Waals surface area contributed by atoms with Crippen molar-refractivity contribution >= 4 is 17.3 Å². The Hall–Kier alpha value is -1.65. The number of para-hydroxylation sites is 1. The highest BCUT2D eigenvalue weighted by Gasteiger charge is 2.19. The van der Waals surface area contributed by atoms with Crippen LogP contribution in [0.2, 0.25) is 5.02 Å². The van der Waals surface area contributed by atoms with E-state index in [0.29, 0.717) is 11.3 Å². The highest BCUT2D eigenvalue weighted by atomic mass is 35.5. The lowest BCUT2D eigenvalue weighted by Gasteiger charge is -2.29. The van der Waals surface area contributed by atoms with Gasteiger partial charge in [-0.3, -0.25) is 0 Å². The summed E-state index contributed by atoms with van der Waals surface area (Å²) in [6, 6.07) is 10.6. The molecule has 0 aliphatic carbocycles. The Morgan fingerprint density at radius 1 is 1.15 bits per heavy atom. The molecule has 20 heavy (non-hydrogen) atoms. The van der Waals surface area contributed by atoms with Gasteiger partial charge in [-0.25, -0.2) is 8.78 Å². The molecule has 1 atom stereocenters. The molecular formula is C15H15ClF2N2. The standard InChI is InChI=1S/C15H15ClF2N2/c1-20(14-5-3-2-4-12(14)17)15(9-19)10-6-7-11(16)13(18)8-10/h2-8,15H,9,19H2,1H3. The fraction of sp³-hybridized carbons (Fsp3) is 0.200. The number of nitrogens with two attached hydrogens (primary N) is 1. The van der Waals surface area contributed by atoms with Crippen LogP contribution in [0.15, 0.2) is 42.5 Å². The summed E-state index contributed by atoms with van der Waals surface area (Å²) in [5, 5.41) is 0.0538. The van der Waals surface area contributed by atoms with Crippen LogP contribution in [-0.4, -0.2) is 13.6 Å². The third-order valence-corrected chi connectivity index (χ3v) is 3.56. The number of rotatable bonds is 4. The van der Waals surface area contributed by atoms with Crippen molar-refractivity contribution in [2.75, 3.05) is 18.5 Å². The molecule has 0 fully saturated rings. The molecule has 5 heteroatoms. The summed E-state index contributed by atoms with van der Waals surface area (Å²) >= 11 is 5.67. The molecule has 2 nitrogen and oxygen atoms in total. The molecule has 0 aromatic heterocycles. The molecule has 0 bridgehead atoms. The summed E-state index contributed by atoms with van der Waals surface area (Å²) in [6.45, 7) is 0.228. The first kappa shape index (κ1) is 14.8. The molecule has 0 amide bonds. The Labute approximate surface area is 121 Å². The number of benzene rings is 2. The van der Waals surface area contributed by atoms with Crippen molar-refractivity contribution in [2.45, 2.75) is 6.04 Å². The minimum atomic E-state index is -0.510. The van der Waals surface area contributed by atoms with Gasteiger partial charge >= 0.3 is 0 Å². The fourth-order valence-corrected chi connectivity index (χ4v) is 2.26. The second-order valence-electron chi connectivity index (χ2n) is 4.49. The maximum atomic E-state index is 13.8. The van der Waals surface area contributed by atoms with Crippen LogP contribution >= 0.6 is 11.6 Å².